The molecule has 1 heterocycles. The number of fused-ring (bicyclic) bond motifs is 1. The predicted octanol–water partition coefficient (Wildman–Crippen LogP) is 2.79. The van der Waals surface area contributed by atoms with Crippen molar-refractivity contribution >= 4 is 11.5 Å². The maximum Gasteiger partial charge on any atom is 0.284 e. The highest BCUT2D eigenvalue weighted by Crippen LogP contribution is 2.37. The summed E-state index contributed by atoms with van der Waals surface area (Å²) in [6.45, 7) is 0.693. The maximum atomic E-state index is 12.4. The van der Waals surface area contributed by atoms with Crippen LogP contribution in [0.2, 0.25) is 0 Å². The van der Waals surface area contributed by atoms with Gasteiger partial charge in [-0.25, -0.2) is 0 Å². The standard InChI is InChI=1S/C16H13NO5/c18-14(8-11-4-2-1-3-5-11)12-9-15-16(22-7-6-21-15)10-13(12)17(19)20/h1-5,9-10H,6-8H2. The van der Waals surface area contributed by atoms with Crippen LogP contribution in [0, 0.1) is 10.1 Å². The molecule has 0 radical (unpaired) electrons. The zero-order valence-electron chi connectivity index (χ0n) is 11.7. The average molecular weight is 299 g/mol. The van der Waals surface area contributed by atoms with Gasteiger partial charge in [0.1, 0.15) is 13.2 Å². The molecule has 0 saturated carbocycles. The Labute approximate surface area is 126 Å². The Balaban J connectivity index is 1.97. The second kappa shape index (κ2) is 5.85. The number of rotatable bonds is 4. The fourth-order valence-corrected chi connectivity index (χ4v) is 2.33. The molecular weight excluding hydrogens is 286 g/mol. The third-order valence-corrected chi connectivity index (χ3v) is 3.37. The number of hydrogen-bond donors (Lipinski definition) is 0. The summed E-state index contributed by atoms with van der Waals surface area (Å²) in [6, 6.07) is 11.8. The van der Waals surface area contributed by atoms with Crippen molar-refractivity contribution in [1.29, 1.82) is 0 Å². The van der Waals surface area contributed by atoms with Gasteiger partial charge in [-0.05, 0) is 5.56 Å². The number of ketones is 1. The number of benzene rings is 2. The van der Waals surface area contributed by atoms with E-state index in [1.165, 1.54) is 12.1 Å². The summed E-state index contributed by atoms with van der Waals surface area (Å²) in [5, 5.41) is 11.2. The van der Waals surface area contributed by atoms with Gasteiger partial charge in [-0.2, -0.15) is 0 Å². The molecule has 1 aliphatic rings. The minimum Gasteiger partial charge on any atom is -0.486 e. The molecule has 0 aliphatic carbocycles. The molecule has 6 heteroatoms. The summed E-state index contributed by atoms with van der Waals surface area (Å²) in [5.41, 5.74) is 0.583. The highest BCUT2D eigenvalue weighted by molar-refractivity contribution is 6.01. The molecule has 0 aromatic heterocycles. The van der Waals surface area contributed by atoms with Crippen molar-refractivity contribution in [3.05, 3.63) is 63.7 Å². The molecule has 3 rings (SSSR count). The molecule has 2 aromatic carbocycles. The van der Waals surface area contributed by atoms with Crippen LogP contribution in [0.3, 0.4) is 0 Å². The van der Waals surface area contributed by atoms with Crippen LogP contribution >= 0.6 is 0 Å². The lowest BCUT2D eigenvalue weighted by Crippen LogP contribution is -2.17. The van der Waals surface area contributed by atoms with Gasteiger partial charge in [0.05, 0.1) is 16.6 Å². The van der Waals surface area contributed by atoms with Crippen LogP contribution < -0.4 is 9.47 Å². The molecule has 22 heavy (non-hydrogen) atoms. The highest BCUT2D eigenvalue weighted by atomic mass is 16.6. The van der Waals surface area contributed by atoms with E-state index in [0.717, 1.165) is 5.56 Å². The number of Topliss-reactive ketones (excluding diaryl/α,β-unsaturated/α-hetero) is 1. The van der Waals surface area contributed by atoms with E-state index in [2.05, 4.69) is 0 Å². The molecule has 2 aromatic rings. The summed E-state index contributed by atoms with van der Waals surface area (Å²) < 4.78 is 10.7. The summed E-state index contributed by atoms with van der Waals surface area (Å²) in [5.74, 6) is 0.345. The molecule has 6 nitrogen and oxygen atoms in total. The molecule has 0 atom stereocenters. The largest absolute Gasteiger partial charge is 0.486 e. The second-order valence-corrected chi connectivity index (χ2v) is 4.86. The maximum absolute atomic E-state index is 12.4. The van der Waals surface area contributed by atoms with Crippen LogP contribution in [0.1, 0.15) is 15.9 Å². The third kappa shape index (κ3) is 2.76. The normalized spacial score (nSPS) is 12.7. The molecule has 1 aliphatic heterocycles. The Morgan fingerprint density at radius 2 is 1.73 bits per heavy atom. The van der Waals surface area contributed by atoms with E-state index in [0.29, 0.717) is 24.7 Å². The zero-order valence-corrected chi connectivity index (χ0v) is 11.7. The van der Waals surface area contributed by atoms with E-state index in [9.17, 15) is 14.9 Å². The van der Waals surface area contributed by atoms with Crippen molar-refractivity contribution in [2.75, 3.05) is 13.2 Å². The van der Waals surface area contributed by atoms with Crippen molar-refractivity contribution in [3.8, 4) is 11.5 Å². The van der Waals surface area contributed by atoms with Crippen molar-refractivity contribution in [3.63, 3.8) is 0 Å². The molecule has 0 amide bonds. The van der Waals surface area contributed by atoms with Crippen LogP contribution in [0.4, 0.5) is 5.69 Å². The molecule has 112 valence electrons. The fourth-order valence-electron chi connectivity index (χ4n) is 2.33. The van der Waals surface area contributed by atoms with E-state index in [1.807, 2.05) is 30.3 Å². The van der Waals surface area contributed by atoms with Gasteiger partial charge in [-0.3, -0.25) is 14.9 Å². The number of nitro benzene ring substituents is 1. The topological polar surface area (TPSA) is 78.7 Å². The monoisotopic (exact) mass is 299 g/mol. The first-order chi connectivity index (χ1) is 10.6. The van der Waals surface area contributed by atoms with Crippen LogP contribution in [0.25, 0.3) is 0 Å². The van der Waals surface area contributed by atoms with Crippen LogP contribution in [-0.2, 0) is 6.42 Å². The first-order valence-electron chi connectivity index (χ1n) is 6.80. The summed E-state index contributed by atoms with van der Waals surface area (Å²) in [4.78, 5) is 23.1. The molecule has 0 bridgehead atoms. The molecular formula is C16H13NO5. The van der Waals surface area contributed by atoms with E-state index in [1.54, 1.807) is 0 Å². The van der Waals surface area contributed by atoms with Gasteiger partial charge in [-0.1, -0.05) is 30.3 Å². The third-order valence-electron chi connectivity index (χ3n) is 3.37. The van der Waals surface area contributed by atoms with E-state index >= 15 is 0 Å². The van der Waals surface area contributed by atoms with Crippen LogP contribution in [0.5, 0.6) is 11.5 Å². The van der Waals surface area contributed by atoms with Crippen LogP contribution in [0.15, 0.2) is 42.5 Å². The van der Waals surface area contributed by atoms with Gasteiger partial charge in [-0.15, -0.1) is 0 Å². The average Bonchev–Trinajstić information content (AvgIpc) is 2.54. The van der Waals surface area contributed by atoms with E-state index in [-0.39, 0.29) is 23.5 Å². The Morgan fingerprint density at radius 1 is 1.09 bits per heavy atom. The SMILES string of the molecule is O=C(Cc1ccccc1)c1cc2c(cc1[N+](=O)[O-])OCCO2. The summed E-state index contributed by atoms with van der Waals surface area (Å²) in [7, 11) is 0. The van der Waals surface area contributed by atoms with Crippen molar-refractivity contribution in [2.24, 2.45) is 0 Å². The Morgan fingerprint density at radius 3 is 2.36 bits per heavy atom. The highest BCUT2D eigenvalue weighted by Gasteiger charge is 2.26. The number of carbonyl (C=O) groups is 1. The minimum absolute atomic E-state index is 0.0399. The second-order valence-electron chi connectivity index (χ2n) is 4.86. The van der Waals surface area contributed by atoms with Gasteiger partial charge in [0.15, 0.2) is 17.3 Å². The van der Waals surface area contributed by atoms with E-state index < -0.39 is 4.92 Å². The lowest BCUT2D eigenvalue weighted by atomic mass is 10.0. The molecule has 0 saturated heterocycles. The van der Waals surface area contributed by atoms with Crippen molar-refractivity contribution in [1.82, 2.24) is 0 Å². The van der Waals surface area contributed by atoms with Gasteiger partial charge in [0, 0.05) is 12.5 Å². The fraction of sp³-hybridized carbons (Fsp3) is 0.188. The Kier molecular flexibility index (Phi) is 3.74. The van der Waals surface area contributed by atoms with Gasteiger partial charge in [0.2, 0.25) is 0 Å². The molecule has 0 N–H and O–H groups in total. The summed E-state index contributed by atoms with van der Waals surface area (Å²) >= 11 is 0. The zero-order chi connectivity index (χ0) is 15.5. The Bertz CT molecular complexity index is 727. The first-order valence-corrected chi connectivity index (χ1v) is 6.80. The number of nitrogens with zero attached hydrogens (tertiary/aromatic N) is 1. The predicted molar refractivity (Wildman–Crippen MR) is 78.6 cm³/mol. The lowest BCUT2D eigenvalue weighted by molar-refractivity contribution is -0.385. The smallest absolute Gasteiger partial charge is 0.284 e. The number of hydrogen-bond acceptors (Lipinski definition) is 5. The first kappa shape index (κ1) is 14.1. The van der Waals surface area contributed by atoms with Gasteiger partial charge in [0.25, 0.3) is 5.69 Å². The number of nitro groups is 1. The number of ether oxygens (including phenoxy) is 2. The minimum atomic E-state index is -0.573. The quantitative estimate of drug-likeness (QED) is 0.493. The van der Waals surface area contributed by atoms with Crippen molar-refractivity contribution < 1.29 is 19.2 Å². The van der Waals surface area contributed by atoms with Crippen molar-refractivity contribution in [2.45, 2.75) is 6.42 Å². The molecule has 0 fully saturated rings. The van der Waals surface area contributed by atoms with E-state index in [4.69, 9.17) is 9.47 Å². The Hall–Kier alpha value is -2.89. The lowest BCUT2D eigenvalue weighted by Gasteiger charge is -2.18. The number of carbonyl (C=O) groups excluding carboxylic acids is 1. The summed E-state index contributed by atoms with van der Waals surface area (Å²) in [6.07, 6.45) is 0.0985. The van der Waals surface area contributed by atoms with Gasteiger partial charge < -0.3 is 9.47 Å². The molecule has 0 unspecified atom stereocenters. The van der Waals surface area contributed by atoms with Crippen LogP contribution in [-0.4, -0.2) is 23.9 Å². The molecule has 0 spiro atoms. The van der Waals surface area contributed by atoms with Gasteiger partial charge >= 0.3 is 0 Å².